The van der Waals surface area contributed by atoms with E-state index in [0.717, 1.165) is 11.8 Å². The van der Waals surface area contributed by atoms with Gasteiger partial charge in [-0.15, -0.1) is 0 Å². The van der Waals surface area contributed by atoms with Crippen LogP contribution < -0.4 is 5.56 Å². The molecule has 0 aliphatic heterocycles. The molecule has 0 fully saturated rings. The maximum Gasteiger partial charge on any atom is 0.337 e. The first-order valence-corrected chi connectivity index (χ1v) is 8.81. The van der Waals surface area contributed by atoms with Crippen molar-refractivity contribution < 1.29 is 23.8 Å². The molecule has 2 aromatic rings. The highest BCUT2D eigenvalue weighted by Gasteiger charge is 2.15. The average molecular weight is 380 g/mol. The number of hydrogen-bond donors (Lipinski definition) is 0. The predicted molar refractivity (Wildman–Crippen MR) is 96.6 cm³/mol. The number of ether oxygens (including phenoxy) is 3. The summed E-state index contributed by atoms with van der Waals surface area (Å²) in [4.78, 5) is 40.5. The Morgan fingerprint density at radius 2 is 1.96 bits per heavy atom. The molecule has 0 unspecified atom stereocenters. The van der Waals surface area contributed by atoms with Gasteiger partial charge in [0.2, 0.25) is 0 Å². The molecule has 0 N–H and O–H groups in total. The second kappa shape index (κ2) is 9.35. The third-order valence-corrected chi connectivity index (χ3v) is 4.57. The lowest BCUT2D eigenvalue weighted by atomic mass is 10.1. The summed E-state index contributed by atoms with van der Waals surface area (Å²) in [5, 5.41) is 0.767. The van der Waals surface area contributed by atoms with Gasteiger partial charge >= 0.3 is 11.9 Å². The number of benzene rings is 1. The number of carbonyl (C=O) groups is 2. The minimum Gasteiger partial charge on any atom is -0.468 e. The van der Waals surface area contributed by atoms with E-state index in [1.54, 1.807) is 13.2 Å². The molecule has 140 valence electrons. The Labute approximate surface area is 154 Å². The molecule has 8 nitrogen and oxygen atoms in total. The minimum atomic E-state index is -0.512. The first-order valence-electron chi connectivity index (χ1n) is 7.83. The van der Waals surface area contributed by atoms with Gasteiger partial charge in [0.05, 0.1) is 36.4 Å². The molecule has 0 bridgehead atoms. The second-order valence-electron chi connectivity index (χ2n) is 5.29. The van der Waals surface area contributed by atoms with Crippen LogP contribution in [0.5, 0.6) is 0 Å². The highest BCUT2D eigenvalue weighted by atomic mass is 32.2. The fraction of sp³-hybridized carbons (Fsp3) is 0.412. The molecule has 0 amide bonds. The van der Waals surface area contributed by atoms with Gasteiger partial charge in [-0.3, -0.25) is 14.2 Å². The fourth-order valence-corrected chi connectivity index (χ4v) is 3.16. The van der Waals surface area contributed by atoms with Crippen LogP contribution in [0.2, 0.25) is 0 Å². The maximum absolute atomic E-state index is 12.8. The van der Waals surface area contributed by atoms with Crippen molar-refractivity contribution in [1.29, 1.82) is 0 Å². The van der Waals surface area contributed by atoms with Crippen molar-refractivity contribution in [2.24, 2.45) is 0 Å². The molecule has 0 spiro atoms. The van der Waals surface area contributed by atoms with E-state index in [1.807, 2.05) is 0 Å². The molecule has 9 heteroatoms. The van der Waals surface area contributed by atoms with Crippen LogP contribution in [0.4, 0.5) is 0 Å². The van der Waals surface area contributed by atoms with Crippen LogP contribution >= 0.6 is 11.8 Å². The van der Waals surface area contributed by atoms with E-state index in [0.29, 0.717) is 41.2 Å². The standard InChI is InChI=1S/C17H20N2O6S/c1-23-8-4-7-19-15(21)12-6-5-11(16(22)25-3)9-13(12)18-17(19)26-10-14(20)24-2/h5-6,9H,4,7-8,10H2,1-3H3. The zero-order valence-electron chi connectivity index (χ0n) is 14.8. The molecule has 2 rings (SSSR count). The fourth-order valence-electron chi connectivity index (χ4n) is 2.30. The zero-order chi connectivity index (χ0) is 19.1. The molecule has 0 aliphatic carbocycles. The molecule has 1 aromatic carbocycles. The lowest BCUT2D eigenvalue weighted by molar-refractivity contribution is -0.137. The molecule has 26 heavy (non-hydrogen) atoms. The van der Waals surface area contributed by atoms with Crippen LogP contribution in [0.25, 0.3) is 10.9 Å². The van der Waals surface area contributed by atoms with Crippen molar-refractivity contribution in [3.8, 4) is 0 Å². The number of hydrogen-bond acceptors (Lipinski definition) is 8. The number of esters is 2. The van der Waals surface area contributed by atoms with E-state index in [2.05, 4.69) is 9.72 Å². The van der Waals surface area contributed by atoms with E-state index in [4.69, 9.17) is 9.47 Å². The van der Waals surface area contributed by atoms with Crippen molar-refractivity contribution in [1.82, 2.24) is 9.55 Å². The summed E-state index contributed by atoms with van der Waals surface area (Å²) in [7, 11) is 4.17. The van der Waals surface area contributed by atoms with Gasteiger partial charge in [0.15, 0.2) is 5.16 Å². The molecule has 0 saturated carbocycles. The third-order valence-electron chi connectivity index (χ3n) is 3.62. The number of rotatable bonds is 8. The summed E-state index contributed by atoms with van der Waals surface area (Å²) < 4.78 is 15.9. The third kappa shape index (κ3) is 4.61. The van der Waals surface area contributed by atoms with E-state index in [-0.39, 0.29) is 11.3 Å². The van der Waals surface area contributed by atoms with Gasteiger partial charge in [-0.2, -0.15) is 0 Å². The number of aromatic nitrogens is 2. The number of carbonyl (C=O) groups excluding carboxylic acids is 2. The smallest absolute Gasteiger partial charge is 0.337 e. The van der Waals surface area contributed by atoms with Gasteiger partial charge in [0.25, 0.3) is 5.56 Å². The Balaban J connectivity index is 2.50. The predicted octanol–water partition coefficient (Wildman–Crippen LogP) is 1.48. The zero-order valence-corrected chi connectivity index (χ0v) is 15.6. The van der Waals surface area contributed by atoms with E-state index >= 15 is 0 Å². The Hall–Kier alpha value is -2.39. The quantitative estimate of drug-likeness (QED) is 0.294. The first kappa shape index (κ1) is 19.9. The van der Waals surface area contributed by atoms with E-state index in [1.165, 1.54) is 30.9 Å². The number of fused-ring (bicyclic) bond motifs is 1. The molecule has 0 saturated heterocycles. The average Bonchev–Trinajstić information content (AvgIpc) is 2.66. The van der Waals surface area contributed by atoms with Crippen molar-refractivity contribution >= 4 is 34.6 Å². The van der Waals surface area contributed by atoms with Gasteiger partial charge in [0, 0.05) is 20.3 Å². The topological polar surface area (TPSA) is 96.7 Å². The largest absolute Gasteiger partial charge is 0.468 e. The lowest BCUT2D eigenvalue weighted by Crippen LogP contribution is -2.24. The summed E-state index contributed by atoms with van der Waals surface area (Å²) in [5.74, 6) is -0.909. The van der Waals surface area contributed by atoms with E-state index in [9.17, 15) is 14.4 Å². The van der Waals surface area contributed by atoms with Crippen molar-refractivity contribution in [3.63, 3.8) is 0 Å². The Morgan fingerprint density at radius 3 is 2.62 bits per heavy atom. The van der Waals surface area contributed by atoms with Gasteiger partial charge in [-0.1, -0.05) is 11.8 Å². The van der Waals surface area contributed by atoms with Crippen molar-refractivity contribution in [3.05, 3.63) is 34.1 Å². The summed E-state index contributed by atoms with van der Waals surface area (Å²) in [6, 6.07) is 4.58. The van der Waals surface area contributed by atoms with Gasteiger partial charge in [-0.05, 0) is 24.6 Å². The molecule has 1 heterocycles. The normalized spacial score (nSPS) is 10.7. The minimum absolute atomic E-state index is 0.0232. The van der Waals surface area contributed by atoms with E-state index < -0.39 is 11.9 Å². The molecule has 0 atom stereocenters. The molecule has 1 aromatic heterocycles. The number of thioether (sulfide) groups is 1. The lowest BCUT2D eigenvalue weighted by Gasteiger charge is -2.13. The Bertz CT molecular complexity index is 864. The second-order valence-corrected chi connectivity index (χ2v) is 6.23. The van der Waals surface area contributed by atoms with Crippen molar-refractivity contribution in [2.75, 3.05) is 33.7 Å². The highest BCUT2D eigenvalue weighted by Crippen LogP contribution is 2.19. The van der Waals surface area contributed by atoms with Crippen LogP contribution in [0, 0.1) is 0 Å². The van der Waals surface area contributed by atoms with Gasteiger partial charge in [0.1, 0.15) is 0 Å². The Morgan fingerprint density at radius 1 is 1.19 bits per heavy atom. The first-order chi connectivity index (χ1) is 12.5. The summed E-state index contributed by atoms with van der Waals surface area (Å²) in [6.07, 6.45) is 0.621. The molecular weight excluding hydrogens is 360 g/mol. The molecular formula is C17H20N2O6S. The molecule has 0 radical (unpaired) electrons. The van der Waals surface area contributed by atoms with Crippen LogP contribution in [0.15, 0.2) is 28.2 Å². The highest BCUT2D eigenvalue weighted by molar-refractivity contribution is 7.99. The molecule has 0 aliphatic rings. The van der Waals surface area contributed by atoms with Gasteiger partial charge < -0.3 is 14.2 Å². The van der Waals surface area contributed by atoms with Crippen LogP contribution in [0.3, 0.4) is 0 Å². The number of nitrogens with zero attached hydrogens (tertiary/aromatic N) is 2. The van der Waals surface area contributed by atoms with Gasteiger partial charge in [-0.25, -0.2) is 9.78 Å². The summed E-state index contributed by atoms with van der Waals surface area (Å²) in [6.45, 7) is 0.894. The monoisotopic (exact) mass is 380 g/mol. The van der Waals surface area contributed by atoms with Crippen molar-refractivity contribution in [2.45, 2.75) is 18.1 Å². The van der Waals surface area contributed by atoms with Crippen LogP contribution in [0.1, 0.15) is 16.8 Å². The van der Waals surface area contributed by atoms with Crippen LogP contribution in [-0.4, -0.2) is 55.2 Å². The number of methoxy groups -OCH3 is 3. The summed E-state index contributed by atoms with van der Waals surface area (Å²) >= 11 is 1.11. The van der Waals surface area contributed by atoms with Crippen LogP contribution in [-0.2, 0) is 25.5 Å². The summed E-state index contributed by atoms with van der Waals surface area (Å²) in [5.41, 5.74) is 0.427. The SMILES string of the molecule is COCCCn1c(SCC(=O)OC)nc2cc(C(=O)OC)ccc2c1=O. The maximum atomic E-state index is 12.8. The Kier molecular flexibility index (Phi) is 7.16.